The molecule has 17 heavy (non-hydrogen) atoms. The van der Waals surface area contributed by atoms with Crippen LogP contribution < -0.4 is 0 Å². The lowest BCUT2D eigenvalue weighted by atomic mass is 10.2. The summed E-state index contributed by atoms with van der Waals surface area (Å²) >= 11 is 0. The van der Waals surface area contributed by atoms with Gasteiger partial charge in [-0.15, -0.1) is 0 Å². The lowest BCUT2D eigenvalue weighted by Gasteiger charge is -2.18. The lowest BCUT2D eigenvalue weighted by Crippen LogP contribution is -2.24. The molecule has 1 aliphatic heterocycles. The number of nitrogens with zero attached hydrogens (tertiary/aromatic N) is 3. The van der Waals surface area contributed by atoms with E-state index in [1.807, 2.05) is 0 Å². The van der Waals surface area contributed by atoms with Crippen molar-refractivity contribution in [1.29, 1.82) is 0 Å². The smallest absolute Gasteiger partial charge is 0.356 e. The first kappa shape index (κ1) is 12.0. The van der Waals surface area contributed by atoms with Crippen LogP contribution >= 0.6 is 0 Å². The van der Waals surface area contributed by atoms with Gasteiger partial charge in [0, 0.05) is 6.54 Å². The zero-order chi connectivity index (χ0) is 12.1. The van der Waals surface area contributed by atoms with Gasteiger partial charge in [-0.1, -0.05) is 12.8 Å². The largest absolute Gasteiger partial charge is 0.476 e. The van der Waals surface area contributed by atoms with Gasteiger partial charge < -0.3 is 5.11 Å². The van der Waals surface area contributed by atoms with E-state index in [-0.39, 0.29) is 5.69 Å². The first-order valence-electron chi connectivity index (χ1n) is 6.02. The van der Waals surface area contributed by atoms with Gasteiger partial charge in [0.15, 0.2) is 5.69 Å². The predicted molar refractivity (Wildman–Crippen MR) is 62.7 cm³/mol. The highest BCUT2D eigenvalue weighted by Crippen LogP contribution is 2.11. The molecule has 1 aromatic rings. The fourth-order valence-electron chi connectivity index (χ4n) is 2.07. The molecule has 0 radical (unpaired) electrons. The quantitative estimate of drug-likeness (QED) is 0.861. The van der Waals surface area contributed by atoms with Crippen molar-refractivity contribution in [3.8, 4) is 0 Å². The Bertz CT molecular complexity index is 370. The molecular formula is C12H17N3O2. The Hall–Kier alpha value is -1.49. The van der Waals surface area contributed by atoms with Gasteiger partial charge in [0.05, 0.1) is 18.1 Å². The van der Waals surface area contributed by atoms with Crippen LogP contribution in [0.25, 0.3) is 0 Å². The van der Waals surface area contributed by atoms with E-state index in [1.165, 1.54) is 31.9 Å². The molecule has 0 unspecified atom stereocenters. The average molecular weight is 235 g/mol. The molecule has 0 amide bonds. The van der Waals surface area contributed by atoms with Crippen LogP contribution in [0.2, 0.25) is 0 Å². The maximum Gasteiger partial charge on any atom is 0.356 e. The number of rotatable bonds is 3. The van der Waals surface area contributed by atoms with Crippen LogP contribution in [0.3, 0.4) is 0 Å². The number of aromatic nitrogens is 2. The molecule has 1 N–H and O–H groups in total. The van der Waals surface area contributed by atoms with Crippen LogP contribution in [-0.2, 0) is 6.54 Å². The molecule has 2 rings (SSSR count). The number of hydrogen-bond acceptors (Lipinski definition) is 4. The second-order valence-electron chi connectivity index (χ2n) is 4.39. The normalized spacial score (nSPS) is 17.6. The van der Waals surface area contributed by atoms with Crippen molar-refractivity contribution in [2.75, 3.05) is 13.1 Å². The molecule has 1 fully saturated rings. The van der Waals surface area contributed by atoms with E-state index in [0.717, 1.165) is 25.3 Å². The Morgan fingerprint density at radius 2 is 1.88 bits per heavy atom. The summed E-state index contributed by atoms with van der Waals surface area (Å²) in [4.78, 5) is 21.0. The number of hydrogen-bond donors (Lipinski definition) is 1. The summed E-state index contributed by atoms with van der Waals surface area (Å²) in [6.07, 6.45) is 7.98. The summed E-state index contributed by atoms with van der Waals surface area (Å²) in [5.41, 5.74) is 0.849. The Morgan fingerprint density at radius 3 is 2.41 bits per heavy atom. The summed E-state index contributed by atoms with van der Waals surface area (Å²) in [5, 5.41) is 8.72. The van der Waals surface area contributed by atoms with Gasteiger partial charge in [-0.3, -0.25) is 9.88 Å². The van der Waals surface area contributed by atoms with Gasteiger partial charge in [-0.2, -0.15) is 0 Å². The molecule has 0 aromatic carbocycles. The van der Waals surface area contributed by atoms with Gasteiger partial charge in [-0.25, -0.2) is 9.78 Å². The van der Waals surface area contributed by atoms with Crippen molar-refractivity contribution in [2.45, 2.75) is 32.2 Å². The standard InChI is InChI=1S/C12H17N3O2/c16-12(17)11-8-13-10(7-14-11)9-15-5-3-1-2-4-6-15/h7-8H,1-6,9H2,(H,16,17). The van der Waals surface area contributed by atoms with Gasteiger partial charge in [0.25, 0.3) is 0 Å². The van der Waals surface area contributed by atoms with E-state index in [1.54, 1.807) is 6.20 Å². The highest BCUT2D eigenvalue weighted by molar-refractivity contribution is 5.84. The molecule has 92 valence electrons. The maximum atomic E-state index is 10.6. The second-order valence-corrected chi connectivity index (χ2v) is 4.39. The van der Waals surface area contributed by atoms with Crippen molar-refractivity contribution in [2.24, 2.45) is 0 Å². The van der Waals surface area contributed by atoms with Gasteiger partial charge in [0.2, 0.25) is 0 Å². The van der Waals surface area contributed by atoms with E-state index >= 15 is 0 Å². The zero-order valence-corrected chi connectivity index (χ0v) is 9.80. The Balaban J connectivity index is 1.95. The maximum absolute atomic E-state index is 10.6. The average Bonchev–Trinajstić information content (AvgIpc) is 2.58. The third kappa shape index (κ3) is 3.49. The van der Waals surface area contributed by atoms with Crippen molar-refractivity contribution in [3.63, 3.8) is 0 Å². The van der Waals surface area contributed by atoms with E-state index in [4.69, 9.17) is 5.11 Å². The van der Waals surface area contributed by atoms with E-state index in [0.29, 0.717) is 0 Å². The van der Waals surface area contributed by atoms with Crippen molar-refractivity contribution in [1.82, 2.24) is 14.9 Å². The fourth-order valence-corrected chi connectivity index (χ4v) is 2.07. The Kier molecular flexibility index (Phi) is 4.03. The molecule has 1 aliphatic rings. The number of carboxylic acid groups (broad SMARTS) is 1. The molecule has 0 bridgehead atoms. The summed E-state index contributed by atoms with van der Waals surface area (Å²) in [6, 6.07) is 0. The van der Waals surface area contributed by atoms with Crippen molar-refractivity contribution in [3.05, 3.63) is 23.8 Å². The first-order chi connectivity index (χ1) is 8.25. The third-order valence-corrected chi connectivity index (χ3v) is 3.01. The number of aromatic carboxylic acids is 1. The van der Waals surface area contributed by atoms with Gasteiger partial charge in [-0.05, 0) is 25.9 Å². The lowest BCUT2D eigenvalue weighted by molar-refractivity contribution is 0.0690. The van der Waals surface area contributed by atoms with Crippen molar-refractivity contribution >= 4 is 5.97 Å². The SMILES string of the molecule is O=C(O)c1cnc(CN2CCCCCC2)cn1. The van der Waals surface area contributed by atoms with Crippen LogP contribution in [0, 0.1) is 0 Å². The van der Waals surface area contributed by atoms with E-state index < -0.39 is 5.97 Å². The minimum atomic E-state index is -1.03. The van der Waals surface area contributed by atoms with Gasteiger partial charge in [0.1, 0.15) is 0 Å². The molecule has 0 spiro atoms. The highest BCUT2D eigenvalue weighted by Gasteiger charge is 2.11. The van der Waals surface area contributed by atoms with Crippen LogP contribution in [0.4, 0.5) is 0 Å². The number of likely N-dealkylation sites (tertiary alicyclic amines) is 1. The Labute approximate surface area is 100 Å². The summed E-state index contributed by atoms with van der Waals surface area (Å²) in [7, 11) is 0. The molecule has 1 aromatic heterocycles. The minimum absolute atomic E-state index is 0.00427. The van der Waals surface area contributed by atoms with Crippen molar-refractivity contribution < 1.29 is 9.90 Å². The third-order valence-electron chi connectivity index (χ3n) is 3.01. The molecule has 2 heterocycles. The first-order valence-corrected chi connectivity index (χ1v) is 6.02. The topological polar surface area (TPSA) is 66.3 Å². The van der Waals surface area contributed by atoms with Crippen LogP contribution in [0.5, 0.6) is 0 Å². The molecule has 1 saturated heterocycles. The number of carbonyl (C=O) groups is 1. The summed E-state index contributed by atoms with van der Waals surface area (Å²) in [5.74, 6) is -1.03. The molecule has 0 aliphatic carbocycles. The van der Waals surface area contributed by atoms with Gasteiger partial charge >= 0.3 is 5.97 Å². The molecular weight excluding hydrogens is 218 g/mol. The fraction of sp³-hybridized carbons (Fsp3) is 0.583. The highest BCUT2D eigenvalue weighted by atomic mass is 16.4. The predicted octanol–water partition coefficient (Wildman–Crippen LogP) is 1.55. The summed E-state index contributed by atoms with van der Waals surface area (Å²) in [6.45, 7) is 2.97. The molecule has 5 heteroatoms. The van der Waals surface area contributed by atoms with Crippen LogP contribution in [0.15, 0.2) is 12.4 Å². The minimum Gasteiger partial charge on any atom is -0.476 e. The molecule has 0 saturated carbocycles. The van der Waals surface area contributed by atoms with E-state index in [2.05, 4.69) is 14.9 Å². The zero-order valence-electron chi connectivity index (χ0n) is 9.80. The molecule has 0 atom stereocenters. The second kappa shape index (κ2) is 5.72. The van der Waals surface area contributed by atoms with E-state index in [9.17, 15) is 4.79 Å². The monoisotopic (exact) mass is 235 g/mol. The number of carboxylic acids is 1. The van der Waals surface area contributed by atoms with Crippen LogP contribution in [0.1, 0.15) is 41.9 Å². The van der Waals surface area contributed by atoms with Crippen LogP contribution in [-0.4, -0.2) is 39.0 Å². The Morgan fingerprint density at radius 1 is 1.18 bits per heavy atom. The summed E-state index contributed by atoms with van der Waals surface area (Å²) < 4.78 is 0. The molecule has 5 nitrogen and oxygen atoms in total.